The highest BCUT2D eigenvalue weighted by Crippen LogP contribution is 2.28. The fraction of sp³-hybridized carbons (Fsp3) is 0.250. The summed E-state index contributed by atoms with van der Waals surface area (Å²) >= 11 is 0. The number of hydrogen-bond donors (Lipinski definition) is 2. The van der Waals surface area contributed by atoms with Crippen molar-refractivity contribution in [3.8, 4) is 11.9 Å². The Morgan fingerprint density at radius 3 is 2.56 bits per heavy atom. The molecular weight excluding hydrogens is 225 g/mol. The maximum absolute atomic E-state index is 11.9. The summed E-state index contributed by atoms with van der Waals surface area (Å²) in [4.78, 5) is 3.34. The number of nitriles is 1. The number of halogens is 3. The second-order valence-corrected chi connectivity index (χ2v) is 2.74. The van der Waals surface area contributed by atoms with Gasteiger partial charge in [0.15, 0.2) is 0 Å². The Morgan fingerprint density at radius 1 is 1.50 bits per heavy atom. The first-order valence-electron chi connectivity index (χ1n) is 4.02. The van der Waals surface area contributed by atoms with Crippen LogP contribution in [-0.2, 0) is 6.54 Å². The fourth-order valence-electron chi connectivity index (χ4n) is 1.00. The number of nitrogens with zero attached hydrogens (tertiary/aromatic N) is 2. The number of nitrogens with two attached hydrogens (primary N) is 2. The first-order valence-corrected chi connectivity index (χ1v) is 4.02. The summed E-state index contributed by atoms with van der Waals surface area (Å²) in [5.74, 6) is -0.871. The summed E-state index contributed by atoms with van der Waals surface area (Å²) in [6, 6.07) is 1.49. The SMILES string of the molecule is N#Cc1c(OC(F)(F)F)ncc(CN)c1N. The molecule has 0 spiro atoms. The molecule has 0 saturated heterocycles. The van der Waals surface area contributed by atoms with Crippen LogP contribution in [0.25, 0.3) is 0 Å². The molecule has 1 heterocycles. The van der Waals surface area contributed by atoms with Crippen LogP contribution in [0.5, 0.6) is 5.88 Å². The van der Waals surface area contributed by atoms with E-state index in [1.165, 1.54) is 6.07 Å². The first-order chi connectivity index (χ1) is 7.39. The Hall–Kier alpha value is -2.01. The minimum absolute atomic E-state index is 0.0280. The normalized spacial score (nSPS) is 10.9. The van der Waals surface area contributed by atoms with Crippen molar-refractivity contribution in [3.63, 3.8) is 0 Å². The Kier molecular flexibility index (Phi) is 3.20. The third kappa shape index (κ3) is 2.52. The van der Waals surface area contributed by atoms with Crippen molar-refractivity contribution in [2.45, 2.75) is 12.9 Å². The van der Waals surface area contributed by atoms with E-state index >= 15 is 0 Å². The Bertz CT molecular complexity index is 438. The van der Waals surface area contributed by atoms with Gasteiger partial charge in [0, 0.05) is 18.3 Å². The van der Waals surface area contributed by atoms with E-state index in [9.17, 15) is 13.2 Å². The number of alkyl halides is 3. The molecule has 0 radical (unpaired) electrons. The lowest BCUT2D eigenvalue weighted by Crippen LogP contribution is -2.19. The highest BCUT2D eigenvalue weighted by atomic mass is 19.4. The van der Waals surface area contributed by atoms with E-state index in [2.05, 4.69) is 9.72 Å². The molecule has 86 valence electrons. The van der Waals surface area contributed by atoms with Gasteiger partial charge in [0.25, 0.3) is 0 Å². The second-order valence-electron chi connectivity index (χ2n) is 2.74. The van der Waals surface area contributed by atoms with E-state index in [4.69, 9.17) is 16.7 Å². The lowest BCUT2D eigenvalue weighted by Gasteiger charge is -2.11. The number of hydrogen-bond acceptors (Lipinski definition) is 5. The van der Waals surface area contributed by atoms with Gasteiger partial charge in [0.1, 0.15) is 11.6 Å². The van der Waals surface area contributed by atoms with Gasteiger partial charge in [-0.1, -0.05) is 0 Å². The van der Waals surface area contributed by atoms with Crippen LogP contribution in [-0.4, -0.2) is 11.3 Å². The van der Waals surface area contributed by atoms with Crippen molar-refractivity contribution in [1.29, 1.82) is 5.26 Å². The maximum atomic E-state index is 11.9. The van der Waals surface area contributed by atoms with Crippen molar-refractivity contribution in [1.82, 2.24) is 4.98 Å². The van der Waals surface area contributed by atoms with Gasteiger partial charge in [-0.25, -0.2) is 4.98 Å². The summed E-state index contributed by atoms with van der Waals surface area (Å²) in [6.45, 7) is -0.0280. The molecule has 0 unspecified atom stereocenters. The molecule has 16 heavy (non-hydrogen) atoms. The van der Waals surface area contributed by atoms with Crippen molar-refractivity contribution in [2.75, 3.05) is 5.73 Å². The summed E-state index contributed by atoms with van der Waals surface area (Å²) in [5.41, 5.74) is 10.4. The van der Waals surface area contributed by atoms with Gasteiger partial charge in [-0.15, -0.1) is 13.2 Å². The molecule has 0 saturated carbocycles. The second kappa shape index (κ2) is 4.24. The topological polar surface area (TPSA) is 97.9 Å². The van der Waals surface area contributed by atoms with Crippen LogP contribution in [0, 0.1) is 11.3 Å². The van der Waals surface area contributed by atoms with Gasteiger partial charge in [0.2, 0.25) is 5.88 Å². The third-order valence-corrected chi connectivity index (χ3v) is 1.71. The molecule has 0 aliphatic rings. The van der Waals surface area contributed by atoms with Gasteiger partial charge in [-0.2, -0.15) is 5.26 Å². The summed E-state index contributed by atoms with van der Waals surface area (Å²) < 4.78 is 39.4. The maximum Gasteiger partial charge on any atom is 0.574 e. The quantitative estimate of drug-likeness (QED) is 0.789. The molecule has 0 aliphatic heterocycles. The molecule has 1 aromatic rings. The van der Waals surface area contributed by atoms with Gasteiger partial charge in [0.05, 0.1) is 5.69 Å². The number of pyridine rings is 1. The molecule has 0 aliphatic carbocycles. The minimum Gasteiger partial charge on any atom is -0.397 e. The molecule has 0 amide bonds. The van der Waals surface area contributed by atoms with Crippen molar-refractivity contribution in [3.05, 3.63) is 17.3 Å². The number of ether oxygens (including phenoxy) is 1. The fourth-order valence-corrected chi connectivity index (χ4v) is 1.00. The van der Waals surface area contributed by atoms with Crippen molar-refractivity contribution < 1.29 is 17.9 Å². The van der Waals surface area contributed by atoms with E-state index < -0.39 is 17.8 Å². The number of rotatable bonds is 2. The lowest BCUT2D eigenvalue weighted by molar-refractivity contribution is -0.276. The molecule has 0 bridgehead atoms. The highest BCUT2D eigenvalue weighted by molar-refractivity contribution is 5.62. The molecule has 0 aromatic carbocycles. The van der Waals surface area contributed by atoms with Crippen LogP contribution in [0.3, 0.4) is 0 Å². The van der Waals surface area contributed by atoms with E-state index in [0.29, 0.717) is 0 Å². The molecule has 5 nitrogen and oxygen atoms in total. The first kappa shape index (κ1) is 12.1. The zero-order valence-corrected chi connectivity index (χ0v) is 7.88. The van der Waals surface area contributed by atoms with E-state index in [1.54, 1.807) is 0 Å². The number of anilines is 1. The number of nitrogen functional groups attached to an aromatic ring is 1. The summed E-state index contributed by atoms with van der Waals surface area (Å²) in [7, 11) is 0. The smallest absolute Gasteiger partial charge is 0.397 e. The average molecular weight is 232 g/mol. The zero-order chi connectivity index (χ0) is 12.3. The van der Waals surface area contributed by atoms with Crippen molar-refractivity contribution >= 4 is 5.69 Å². The molecule has 4 N–H and O–H groups in total. The Balaban J connectivity index is 3.23. The lowest BCUT2D eigenvalue weighted by atomic mass is 10.1. The Labute approximate surface area is 88.4 Å². The Morgan fingerprint density at radius 2 is 2.12 bits per heavy atom. The third-order valence-electron chi connectivity index (χ3n) is 1.71. The van der Waals surface area contributed by atoms with Crippen LogP contribution in [0.15, 0.2) is 6.20 Å². The summed E-state index contributed by atoms with van der Waals surface area (Å²) in [6.07, 6.45) is -3.88. The van der Waals surface area contributed by atoms with Crippen LogP contribution >= 0.6 is 0 Å². The molecular formula is C8H7F3N4O. The summed E-state index contributed by atoms with van der Waals surface area (Å²) in [5, 5.41) is 8.66. The molecule has 8 heteroatoms. The predicted molar refractivity (Wildman–Crippen MR) is 47.9 cm³/mol. The molecule has 1 aromatic heterocycles. The van der Waals surface area contributed by atoms with Gasteiger partial charge in [-0.3, -0.25) is 0 Å². The van der Waals surface area contributed by atoms with Gasteiger partial charge >= 0.3 is 6.36 Å². The van der Waals surface area contributed by atoms with E-state index in [-0.39, 0.29) is 17.8 Å². The predicted octanol–water partition coefficient (Wildman–Crippen LogP) is 0.893. The van der Waals surface area contributed by atoms with Gasteiger partial charge in [-0.05, 0) is 0 Å². The highest BCUT2D eigenvalue weighted by Gasteiger charge is 2.33. The van der Waals surface area contributed by atoms with Crippen LogP contribution in [0.4, 0.5) is 18.9 Å². The number of aromatic nitrogens is 1. The average Bonchev–Trinajstić information content (AvgIpc) is 2.16. The zero-order valence-electron chi connectivity index (χ0n) is 7.88. The minimum atomic E-state index is -4.92. The monoisotopic (exact) mass is 232 g/mol. The van der Waals surface area contributed by atoms with Crippen molar-refractivity contribution in [2.24, 2.45) is 5.73 Å². The molecule has 1 rings (SSSR count). The van der Waals surface area contributed by atoms with Crippen LogP contribution in [0.2, 0.25) is 0 Å². The largest absolute Gasteiger partial charge is 0.574 e. The van der Waals surface area contributed by atoms with E-state index in [1.807, 2.05) is 0 Å². The van der Waals surface area contributed by atoms with Crippen LogP contribution in [0.1, 0.15) is 11.1 Å². The standard InChI is InChI=1S/C8H7F3N4O/c9-8(10,11)16-7-5(2-13)6(14)4(1-12)3-15-7/h3H,1,12H2,(H2,14,15). The van der Waals surface area contributed by atoms with Crippen LogP contribution < -0.4 is 16.2 Å². The van der Waals surface area contributed by atoms with Gasteiger partial charge < -0.3 is 16.2 Å². The van der Waals surface area contributed by atoms with E-state index in [0.717, 1.165) is 6.20 Å². The molecule has 0 atom stereocenters. The molecule has 0 fully saturated rings.